The number of piperazine rings is 1. The van der Waals surface area contributed by atoms with E-state index in [0.717, 1.165) is 17.0 Å². The summed E-state index contributed by atoms with van der Waals surface area (Å²) >= 11 is 0. The zero-order chi connectivity index (χ0) is 18.7. The van der Waals surface area contributed by atoms with Gasteiger partial charge in [-0.1, -0.05) is 30.3 Å². The van der Waals surface area contributed by atoms with Crippen molar-refractivity contribution in [3.05, 3.63) is 53.3 Å². The highest BCUT2D eigenvalue weighted by molar-refractivity contribution is 5.82. The van der Waals surface area contributed by atoms with E-state index in [2.05, 4.69) is 5.10 Å². The highest BCUT2D eigenvalue weighted by atomic mass is 16.2. The number of aryl methyl sites for hydroxylation is 2. The van der Waals surface area contributed by atoms with Crippen molar-refractivity contribution in [2.45, 2.75) is 33.0 Å². The molecule has 7 heteroatoms. The molecule has 0 spiro atoms. The van der Waals surface area contributed by atoms with Crippen LogP contribution in [0.3, 0.4) is 0 Å². The van der Waals surface area contributed by atoms with E-state index in [9.17, 15) is 9.59 Å². The molecule has 1 atom stereocenters. The first-order chi connectivity index (χ1) is 12.4. The number of carbonyl (C=O) groups excluding carboxylic acids is 2. The fraction of sp³-hybridized carbons (Fsp3) is 0.421. The van der Waals surface area contributed by atoms with Crippen molar-refractivity contribution >= 4 is 11.8 Å². The summed E-state index contributed by atoms with van der Waals surface area (Å²) < 4.78 is 1.70. The Balaban J connectivity index is 1.66. The molecule has 0 radical (unpaired) electrons. The molecule has 1 aromatic heterocycles. The van der Waals surface area contributed by atoms with Crippen LogP contribution in [0.4, 0.5) is 0 Å². The van der Waals surface area contributed by atoms with Crippen molar-refractivity contribution in [2.24, 2.45) is 5.73 Å². The van der Waals surface area contributed by atoms with Gasteiger partial charge in [-0.25, -0.2) is 0 Å². The van der Waals surface area contributed by atoms with Crippen molar-refractivity contribution in [3.8, 4) is 0 Å². The molecule has 7 nitrogen and oxygen atoms in total. The lowest BCUT2D eigenvalue weighted by atomic mass is 10.1. The average molecular weight is 355 g/mol. The first-order valence-electron chi connectivity index (χ1n) is 8.80. The number of benzene rings is 1. The van der Waals surface area contributed by atoms with Crippen LogP contribution in [0.25, 0.3) is 0 Å². The number of hydrogen-bond acceptors (Lipinski definition) is 4. The summed E-state index contributed by atoms with van der Waals surface area (Å²) in [6.07, 6.45) is 0. The van der Waals surface area contributed by atoms with Crippen LogP contribution >= 0.6 is 0 Å². The van der Waals surface area contributed by atoms with Crippen LogP contribution in [0.1, 0.15) is 17.0 Å². The third kappa shape index (κ3) is 4.11. The minimum absolute atomic E-state index is 0.0400. The minimum atomic E-state index is -0.478. The van der Waals surface area contributed by atoms with Gasteiger partial charge < -0.3 is 10.6 Å². The van der Waals surface area contributed by atoms with E-state index < -0.39 is 11.9 Å². The largest absolute Gasteiger partial charge is 0.368 e. The zero-order valence-electron chi connectivity index (χ0n) is 15.3. The molecule has 2 N–H and O–H groups in total. The molecule has 0 aliphatic carbocycles. The van der Waals surface area contributed by atoms with Gasteiger partial charge in [0.1, 0.15) is 12.6 Å². The lowest BCUT2D eigenvalue weighted by Crippen LogP contribution is -2.59. The quantitative estimate of drug-likeness (QED) is 0.856. The van der Waals surface area contributed by atoms with Crippen LogP contribution in [0.15, 0.2) is 36.4 Å². The molecule has 0 bridgehead atoms. The van der Waals surface area contributed by atoms with Gasteiger partial charge in [-0.2, -0.15) is 5.10 Å². The topological polar surface area (TPSA) is 84.5 Å². The van der Waals surface area contributed by atoms with E-state index >= 15 is 0 Å². The Labute approximate surface area is 153 Å². The third-order valence-electron chi connectivity index (χ3n) is 4.79. The second-order valence-corrected chi connectivity index (χ2v) is 6.80. The highest BCUT2D eigenvalue weighted by Gasteiger charge is 2.33. The number of aromatic nitrogens is 2. The molecule has 0 saturated carbocycles. The summed E-state index contributed by atoms with van der Waals surface area (Å²) in [6, 6.07) is 11.4. The van der Waals surface area contributed by atoms with Gasteiger partial charge in [-0.3, -0.25) is 19.2 Å². The molecule has 1 aliphatic heterocycles. The minimum Gasteiger partial charge on any atom is -0.368 e. The number of carbonyl (C=O) groups is 2. The SMILES string of the molecule is Cc1cc(C)n(CC(=O)N2CCN(Cc3ccccc3)C(C(N)=O)C2)n1. The van der Waals surface area contributed by atoms with Crippen LogP contribution in [0.5, 0.6) is 0 Å². The van der Waals surface area contributed by atoms with Crippen molar-refractivity contribution in [2.75, 3.05) is 19.6 Å². The molecule has 1 unspecified atom stereocenters. The summed E-state index contributed by atoms with van der Waals surface area (Å²) in [5, 5.41) is 4.34. The zero-order valence-corrected chi connectivity index (χ0v) is 15.3. The molecule has 1 fully saturated rings. The lowest BCUT2D eigenvalue weighted by molar-refractivity contribution is -0.138. The predicted molar refractivity (Wildman–Crippen MR) is 98.1 cm³/mol. The van der Waals surface area contributed by atoms with Gasteiger partial charge >= 0.3 is 0 Å². The summed E-state index contributed by atoms with van der Waals surface area (Å²) in [6.45, 7) is 6.18. The summed E-state index contributed by atoms with van der Waals surface area (Å²) in [4.78, 5) is 28.4. The molecule has 138 valence electrons. The van der Waals surface area contributed by atoms with Gasteiger partial charge in [0.05, 0.1) is 5.69 Å². The lowest BCUT2D eigenvalue weighted by Gasteiger charge is -2.40. The number of nitrogens with two attached hydrogens (primary N) is 1. The van der Waals surface area contributed by atoms with Gasteiger partial charge in [0.2, 0.25) is 11.8 Å². The molecule has 2 heterocycles. The molecule has 1 aromatic carbocycles. The van der Waals surface area contributed by atoms with Crippen LogP contribution in [-0.2, 0) is 22.7 Å². The van der Waals surface area contributed by atoms with E-state index in [1.165, 1.54) is 0 Å². The van der Waals surface area contributed by atoms with Crippen molar-refractivity contribution in [1.29, 1.82) is 0 Å². The van der Waals surface area contributed by atoms with E-state index in [-0.39, 0.29) is 12.5 Å². The van der Waals surface area contributed by atoms with Crippen molar-refractivity contribution in [1.82, 2.24) is 19.6 Å². The maximum atomic E-state index is 12.7. The van der Waals surface area contributed by atoms with Gasteiger partial charge in [-0.15, -0.1) is 0 Å². The van der Waals surface area contributed by atoms with E-state index in [0.29, 0.717) is 26.2 Å². The molecule has 1 aliphatic rings. The molecule has 3 rings (SSSR count). The van der Waals surface area contributed by atoms with Crippen LogP contribution in [0.2, 0.25) is 0 Å². The Kier molecular flexibility index (Phi) is 5.37. The molecule has 2 amide bonds. The summed E-state index contributed by atoms with van der Waals surface area (Å²) in [7, 11) is 0. The first-order valence-corrected chi connectivity index (χ1v) is 8.80. The molecular weight excluding hydrogens is 330 g/mol. The predicted octanol–water partition coefficient (Wildman–Crippen LogP) is 0.698. The number of rotatable bonds is 5. The standard InChI is InChI=1S/C19H25N5O2/c1-14-10-15(2)24(21-14)13-18(25)23-9-8-22(17(12-23)19(20)26)11-16-6-4-3-5-7-16/h3-7,10,17H,8-9,11-13H2,1-2H3,(H2,20,26). The normalized spacial score (nSPS) is 18.1. The number of primary amides is 1. The van der Waals surface area contributed by atoms with E-state index in [1.54, 1.807) is 9.58 Å². The molecule has 1 saturated heterocycles. The smallest absolute Gasteiger partial charge is 0.244 e. The van der Waals surface area contributed by atoms with Gasteiger partial charge in [0.15, 0.2) is 0 Å². The van der Waals surface area contributed by atoms with E-state index in [4.69, 9.17) is 5.73 Å². The molecular formula is C19H25N5O2. The second-order valence-electron chi connectivity index (χ2n) is 6.80. The van der Waals surface area contributed by atoms with Crippen LogP contribution in [-0.4, -0.2) is 57.1 Å². The number of amides is 2. The van der Waals surface area contributed by atoms with Gasteiger partial charge in [0.25, 0.3) is 0 Å². The van der Waals surface area contributed by atoms with Gasteiger partial charge in [0, 0.05) is 31.9 Å². The Morgan fingerprint density at radius 2 is 1.92 bits per heavy atom. The highest BCUT2D eigenvalue weighted by Crippen LogP contribution is 2.15. The maximum Gasteiger partial charge on any atom is 0.244 e. The maximum absolute atomic E-state index is 12.7. The van der Waals surface area contributed by atoms with Crippen molar-refractivity contribution < 1.29 is 9.59 Å². The Bertz CT molecular complexity index is 786. The molecule has 2 aromatic rings. The fourth-order valence-electron chi connectivity index (χ4n) is 3.39. The van der Waals surface area contributed by atoms with E-state index in [1.807, 2.05) is 55.1 Å². The van der Waals surface area contributed by atoms with Crippen molar-refractivity contribution in [3.63, 3.8) is 0 Å². The second kappa shape index (κ2) is 7.70. The van der Waals surface area contributed by atoms with Crippen LogP contribution in [0, 0.1) is 13.8 Å². The molecule has 26 heavy (non-hydrogen) atoms. The average Bonchev–Trinajstić information content (AvgIpc) is 2.93. The van der Waals surface area contributed by atoms with Crippen LogP contribution < -0.4 is 5.73 Å². The Morgan fingerprint density at radius 1 is 1.19 bits per heavy atom. The Hall–Kier alpha value is -2.67. The number of nitrogens with zero attached hydrogens (tertiary/aromatic N) is 4. The summed E-state index contributed by atoms with van der Waals surface area (Å²) in [5.41, 5.74) is 8.58. The fourth-order valence-corrected chi connectivity index (χ4v) is 3.39. The third-order valence-corrected chi connectivity index (χ3v) is 4.79. The summed E-state index contributed by atoms with van der Waals surface area (Å²) in [5.74, 6) is -0.439. The number of hydrogen-bond donors (Lipinski definition) is 1. The first kappa shape index (κ1) is 18.1. The Morgan fingerprint density at radius 3 is 2.54 bits per heavy atom. The monoisotopic (exact) mass is 355 g/mol. The van der Waals surface area contributed by atoms with Gasteiger partial charge in [-0.05, 0) is 25.5 Å².